The minimum Gasteiger partial charge on any atom is -0.481 e. The molecule has 1 heterocycles. The number of carboxylic acid groups (broad SMARTS) is 1. The molecule has 3 heteroatoms. The van der Waals surface area contributed by atoms with E-state index in [0.717, 1.165) is 6.42 Å². The van der Waals surface area contributed by atoms with Gasteiger partial charge >= 0.3 is 5.97 Å². The molecule has 74 valence electrons. The van der Waals surface area contributed by atoms with Crippen molar-refractivity contribution in [2.24, 2.45) is 0 Å². The predicted molar refractivity (Wildman–Crippen MR) is 49.6 cm³/mol. The summed E-state index contributed by atoms with van der Waals surface area (Å²) in [7, 11) is 0. The van der Waals surface area contributed by atoms with E-state index in [0.29, 0.717) is 0 Å². The van der Waals surface area contributed by atoms with Crippen molar-refractivity contribution in [2.75, 3.05) is 0 Å². The normalized spacial score (nSPS) is 29.2. The first kappa shape index (κ1) is 10.3. The summed E-state index contributed by atoms with van der Waals surface area (Å²) in [5.74, 6) is -0.787. The highest BCUT2D eigenvalue weighted by atomic mass is 16.5. The second kappa shape index (κ2) is 3.92. The Labute approximate surface area is 78.4 Å². The van der Waals surface area contributed by atoms with Crippen molar-refractivity contribution < 1.29 is 14.6 Å². The van der Waals surface area contributed by atoms with Crippen LogP contribution in [0.3, 0.4) is 0 Å². The highest BCUT2D eigenvalue weighted by molar-refractivity contribution is 5.67. The first-order chi connectivity index (χ1) is 6.00. The predicted octanol–water partition coefficient (Wildman–Crippen LogP) is 1.97. The van der Waals surface area contributed by atoms with Crippen LogP contribution in [-0.4, -0.2) is 23.3 Å². The molecule has 2 unspecified atom stereocenters. The molecule has 3 nitrogen and oxygen atoms in total. The number of ether oxygens (including phenoxy) is 1. The summed E-state index contributed by atoms with van der Waals surface area (Å²) >= 11 is 0. The highest BCUT2D eigenvalue weighted by Crippen LogP contribution is 2.26. The topological polar surface area (TPSA) is 46.5 Å². The molecule has 2 atom stereocenters. The Balaban J connectivity index is 2.62. The molecule has 1 aliphatic heterocycles. The van der Waals surface area contributed by atoms with E-state index in [2.05, 4.69) is 0 Å². The second-order valence-corrected chi connectivity index (χ2v) is 3.67. The molecule has 0 amide bonds. The van der Waals surface area contributed by atoms with E-state index >= 15 is 0 Å². The molecule has 1 N–H and O–H groups in total. The van der Waals surface area contributed by atoms with Crippen LogP contribution in [0.1, 0.15) is 33.6 Å². The fraction of sp³-hybridized carbons (Fsp3) is 0.700. The van der Waals surface area contributed by atoms with E-state index in [-0.39, 0.29) is 18.6 Å². The van der Waals surface area contributed by atoms with Crippen LogP contribution in [-0.2, 0) is 9.53 Å². The van der Waals surface area contributed by atoms with Gasteiger partial charge in [0, 0.05) is 0 Å². The van der Waals surface area contributed by atoms with Crippen LogP contribution in [0, 0.1) is 0 Å². The lowest BCUT2D eigenvalue weighted by atomic mass is 9.96. The van der Waals surface area contributed by atoms with Gasteiger partial charge in [0.2, 0.25) is 0 Å². The van der Waals surface area contributed by atoms with Crippen molar-refractivity contribution in [3.05, 3.63) is 11.1 Å². The molecule has 0 aromatic carbocycles. The van der Waals surface area contributed by atoms with Crippen molar-refractivity contribution in [3.63, 3.8) is 0 Å². The Kier molecular flexibility index (Phi) is 3.09. The zero-order valence-electron chi connectivity index (χ0n) is 8.33. The number of hydrogen-bond donors (Lipinski definition) is 1. The summed E-state index contributed by atoms with van der Waals surface area (Å²) in [5, 5.41) is 8.61. The zero-order valence-corrected chi connectivity index (χ0v) is 8.33. The number of hydrogen-bond acceptors (Lipinski definition) is 2. The molecular weight excluding hydrogens is 168 g/mol. The summed E-state index contributed by atoms with van der Waals surface area (Å²) in [4.78, 5) is 10.5. The number of carboxylic acids is 1. The maximum Gasteiger partial charge on any atom is 0.305 e. The molecular formula is C10H16O3. The van der Waals surface area contributed by atoms with E-state index in [1.54, 1.807) is 0 Å². The number of carbonyl (C=O) groups is 1. The SMILES string of the molecule is CC1=C(C)C(C)OC(CC(=O)O)C1. The average Bonchev–Trinajstić information content (AvgIpc) is 1.98. The minimum atomic E-state index is -0.787. The monoisotopic (exact) mass is 184 g/mol. The van der Waals surface area contributed by atoms with Crippen LogP contribution in [0.2, 0.25) is 0 Å². The van der Waals surface area contributed by atoms with Crippen LogP contribution in [0.15, 0.2) is 11.1 Å². The van der Waals surface area contributed by atoms with Crippen LogP contribution in [0.5, 0.6) is 0 Å². The van der Waals surface area contributed by atoms with Crippen molar-refractivity contribution in [1.29, 1.82) is 0 Å². The average molecular weight is 184 g/mol. The van der Waals surface area contributed by atoms with Crippen molar-refractivity contribution >= 4 is 5.97 Å². The fourth-order valence-electron chi connectivity index (χ4n) is 1.60. The van der Waals surface area contributed by atoms with Crippen LogP contribution >= 0.6 is 0 Å². The van der Waals surface area contributed by atoms with Gasteiger partial charge < -0.3 is 9.84 Å². The molecule has 0 aliphatic carbocycles. The lowest BCUT2D eigenvalue weighted by Crippen LogP contribution is -2.28. The van der Waals surface area contributed by atoms with Gasteiger partial charge in [0.05, 0.1) is 18.6 Å². The summed E-state index contributed by atoms with van der Waals surface area (Å²) < 4.78 is 5.54. The van der Waals surface area contributed by atoms with Gasteiger partial charge in [-0.25, -0.2) is 0 Å². The van der Waals surface area contributed by atoms with Gasteiger partial charge in [-0.1, -0.05) is 5.57 Å². The van der Waals surface area contributed by atoms with Crippen molar-refractivity contribution in [3.8, 4) is 0 Å². The van der Waals surface area contributed by atoms with Gasteiger partial charge in [0.1, 0.15) is 0 Å². The quantitative estimate of drug-likeness (QED) is 0.667. The molecule has 0 aromatic rings. The fourth-order valence-corrected chi connectivity index (χ4v) is 1.60. The molecule has 0 aromatic heterocycles. The van der Waals surface area contributed by atoms with Gasteiger partial charge in [-0.3, -0.25) is 4.79 Å². The number of aliphatic carboxylic acids is 1. The number of rotatable bonds is 2. The van der Waals surface area contributed by atoms with Gasteiger partial charge in [-0.2, -0.15) is 0 Å². The third-order valence-electron chi connectivity index (χ3n) is 2.62. The lowest BCUT2D eigenvalue weighted by Gasteiger charge is -2.29. The first-order valence-corrected chi connectivity index (χ1v) is 4.54. The van der Waals surface area contributed by atoms with Gasteiger partial charge in [0.15, 0.2) is 0 Å². The van der Waals surface area contributed by atoms with E-state index in [4.69, 9.17) is 9.84 Å². The first-order valence-electron chi connectivity index (χ1n) is 4.54. The van der Waals surface area contributed by atoms with Crippen molar-refractivity contribution in [1.82, 2.24) is 0 Å². The largest absolute Gasteiger partial charge is 0.481 e. The van der Waals surface area contributed by atoms with Crippen LogP contribution in [0.4, 0.5) is 0 Å². The molecule has 0 saturated carbocycles. The lowest BCUT2D eigenvalue weighted by molar-refractivity contribution is -0.141. The molecule has 1 rings (SSSR count). The van der Waals surface area contributed by atoms with Crippen LogP contribution in [0.25, 0.3) is 0 Å². The molecule has 13 heavy (non-hydrogen) atoms. The molecule has 0 saturated heterocycles. The summed E-state index contributed by atoms with van der Waals surface area (Å²) in [6, 6.07) is 0. The standard InChI is InChI=1S/C10H16O3/c1-6-4-9(5-10(11)12)13-8(3)7(6)2/h8-9H,4-5H2,1-3H3,(H,11,12). The summed E-state index contributed by atoms with van der Waals surface area (Å²) in [6.45, 7) is 6.05. The Morgan fingerprint density at radius 3 is 2.69 bits per heavy atom. The summed E-state index contributed by atoms with van der Waals surface area (Å²) in [5.41, 5.74) is 2.51. The van der Waals surface area contributed by atoms with Gasteiger partial charge in [0.25, 0.3) is 0 Å². The highest BCUT2D eigenvalue weighted by Gasteiger charge is 2.24. The summed E-state index contributed by atoms with van der Waals surface area (Å²) in [6.07, 6.45) is 0.784. The maximum absolute atomic E-state index is 10.5. The van der Waals surface area contributed by atoms with Gasteiger partial charge in [-0.15, -0.1) is 0 Å². The van der Waals surface area contributed by atoms with E-state index in [1.807, 2.05) is 20.8 Å². The molecule has 0 radical (unpaired) electrons. The smallest absolute Gasteiger partial charge is 0.305 e. The van der Waals surface area contributed by atoms with Crippen LogP contribution < -0.4 is 0 Å². The Bertz CT molecular complexity index is 243. The van der Waals surface area contributed by atoms with E-state index < -0.39 is 5.97 Å². The van der Waals surface area contributed by atoms with E-state index in [9.17, 15) is 4.79 Å². The third kappa shape index (κ3) is 2.56. The minimum absolute atomic E-state index is 0.0677. The Hall–Kier alpha value is -0.830. The molecule has 0 spiro atoms. The zero-order chi connectivity index (χ0) is 10.0. The molecule has 0 fully saturated rings. The van der Waals surface area contributed by atoms with E-state index in [1.165, 1.54) is 11.1 Å². The third-order valence-corrected chi connectivity index (χ3v) is 2.62. The Morgan fingerprint density at radius 2 is 2.23 bits per heavy atom. The van der Waals surface area contributed by atoms with Crippen molar-refractivity contribution in [2.45, 2.75) is 45.8 Å². The molecule has 0 bridgehead atoms. The second-order valence-electron chi connectivity index (χ2n) is 3.67. The molecule has 1 aliphatic rings. The maximum atomic E-state index is 10.5. The van der Waals surface area contributed by atoms with Gasteiger partial charge in [-0.05, 0) is 32.8 Å². The Morgan fingerprint density at radius 1 is 1.62 bits per heavy atom.